The molecule has 0 saturated carbocycles. The predicted octanol–water partition coefficient (Wildman–Crippen LogP) is 0.936. The Bertz CT molecular complexity index is 253. The third-order valence-corrected chi connectivity index (χ3v) is 3.64. The quantitative estimate of drug-likeness (QED) is 0.581. The maximum Gasteiger partial charge on any atom is 0.227 e. The molecule has 0 aromatic heterocycles. The molecule has 1 unspecified atom stereocenters. The lowest BCUT2D eigenvalue weighted by Crippen LogP contribution is -2.43. The van der Waals surface area contributed by atoms with Gasteiger partial charge in [-0.3, -0.25) is 4.79 Å². The summed E-state index contributed by atoms with van der Waals surface area (Å²) in [6.45, 7) is 6.51. The van der Waals surface area contributed by atoms with E-state index in [-0.39, 0.29) is 11.3 Å². The Labute approximate surface area is 116 Å². The molecule has 2 N–H and O–H groups in total. The summed E-state index contributed by atoms with van der Waals surface area (Å²) in [6, 6.07) is 0. The molecule has 0 spiro atoms. The van der Waals surface area contributed by atoms with Crippen LogP contribution in [0.3, 0.4) is 0 Å². The van der Waals surface area contributed by atoms with Gasteiger partial charge in [0.25, 0.3) is 0 Å². The number of carbonyl (C=O) groups excluding carboxylic acids is 1. The summed E-state index contributed by atoms with van der Waals surface area (Å²) in [5.74, 6) is 0.205. The van der Waals surface area contributed by atoms with Crippen LogP contribution in [0.2, 0.25) is 0 Å². The number of hydrogen-bond acceptors (Lipinski definition) is 4. The van der Waals surface area contributed by atoms with Crippen LogP contribution in [0.15, 0.2) is 0 Å². The molecule has 19 heavy (non-hydrogen) atoms. The van der Waals surface area contributed by atoms with Crippen molar-refractivity contribution in [2.24, 2.45) is 5.41 Å². The Kier molecular flexibility index (Phi) is 8.02. The van der Waals surface area contributed by atoms with E-state index in [9.17, 15) is 4.79 Å². The molecular formula is C14H28N2O3. The van der Waals surface area contributed by atoms with E-state index in [1.807, 2.05) is 0 Å². The minimum atomic E-state index is -0.175. The summed E-state index contributed by atoms with van der Waals surface area (Å²) in [5, 5.41) is 6.36. The summed E-state index contributed by atoms with van der Waals surface area (Å²) in [7, 11) is 1.66. The summed E-state index contributed by atoms with van der Waals surface area (Å²) >= 11 is 0. The molecule has 1 saturated heterocycles. The maximum absolute atomic E-state index is 12.3. The number of amides is 1. The van der Waals surface area contributed by atoms with Crippen LogP contribution in [0.25, 0.3) is 0 Å². The Hall–Kier alpha value is -0.650. The third-order valence-electron chi connectivity index (χ3n) is 3.64. The van der Waals surface area contributed by atoms with E-state index in [4.69, 9.17) is 9.47 Å². The maximum atomic E-state index is 12.3. The first-order chi connectivity index (χ1) is 9.25. The van der Waals surface area contributed by atoms with Gasteiger partial charge in [0.15, 0.2) is 0 Å². The topological polar surface area (TPSA) is 59.6 Å². The molecule has 0 aromatic carbocycles. The van der Waals surface area contributed by atoms with Gasteiger partial charge in [0.1, 0.15) is 0 Å². The molecule has 0 aromatic rings. The van der Waals surface area contributed by atoms with Crippen LogP contribution in [0.5, 0.6) is 0 Å². The second-order valence-corrected chi connectivity index (χ2v) is 5.17. The molecular weight excluding hydrogens is 244 g/mol. The molecule has 0 bridgehead atoms. The van der Waals surface area contributed by atoms with Crippen molar-refractivity contribution in [1.82, 2.24) is 10.6 Å². The van der Waals surface area contributed by atoms with Crippen LogP contribution < -0.4 is 10.6 Å². The van der Waals surface area contributed by atoms with Crippen molar-refractivity contribution in [2.45, 2.75) is 32.6 Å². The smallest absolute Gasteiger partial charge is 0.227 e. The van der Waals surface area contributed by atoms with Crippen LogP contribution in [0.4, 0.5) is 0 Å². The molecule has 1 heterocycles. The zero-order valence-electron chi connectivity index (χ0n) is 12.3. The molecule has 0 aliphatic carbocycles. The highest BCUT2D eigenvalue weighted by Crippen LogP contribution is 2.31. The largest absolute Gasteiger partial charge is 0.382 e. The second-order valence-electron chi connectivity index (χ2n) is 5.17. The van der Waals surface area contributed by atoms with Crippen molar-refractivity contribution in [3.63, 3.8) is 0 Å². The average Bonchev–Trinajstić information content (AvgIpc) is 2.88. The van der Waals surface area contributed by atoms with Gasteiger partial charge in [0.2, 0.25) is 5.91 Å². The monoisotopic (exact) mass is 272 g/mol. The van der Waals surface area contributed by atoms with Gasteiger partial charge in [-0.05, 0) is 25.8 Å². The van der Waals surface area contributed by atoms with Crippen molar-refractivity contribution in [1.29, 1.82) is 0 Å². The fraction of sp³-hybridized carbons (Fsp3) is 0.929. The number of carbonyl (C=O) groups is 1. The molecule has 0 radical (unpaired) electrons. The molecule has 5 heteroatoms. The summed E-state index contributed by atoms with van der Waals surface area (Å²) in [5.41, 5.74) is -0.175. The Morgan fingerprint density at radius 1 is 1.37 bits per heavy atom. The molecule has 1 aliphatic rings. The van der Waals surface area contributed by atoms with Crippen molar-refractivity contribution < 1.29 is 14.3 Å². The number of hydrogen-bond donors (Lipinski definition) is 2. The van der Waals surface area contributed by atoms with E-state index in [2.05, 4.69) is 17.6 Å². The number of ether oxygens (including phenoxy) is 2. The minimum Gasteiger partial charge on any atom is -0.382 e. The SMILES string of the molecule is CCCC1(C(=O)NCCCOCCOC)CCNC1. The molecule has 112 valence electrons. The number of rotatable bonds is 10. The second kappa shape index (κ2) is 9.28. The van der Waals surface area contributed by atoms with E-state index in [0.29, 0.717) is 26.4 Å². The van der Waals surface area contributed by atoms with Gasteiger partial charge in [-0.1, -0.05) is 13.3 Å². The molecule has 1 rings (SSSR count). The van der Waals surface area contributed by atoms with E-state index in [1.54, 1.807) is 7.11 Å². The van der Waals surface area contributed by atoms with E-state index < -0.39 is 0 Å². The lowest BCUT2D eigenvalue weighted by Gasteiger charge is -2.26. The first-order valence-electron chi connectivity index (χ1n) is 7.31. The van der Waals surface area contributed by atoms with Crippen LogP contribution >= 0.6 is 0 Å². The van der Waals surface area contributed by atoms with Crippen molar-refractivity contribution in [3.05, 3.63) is 0 Å². The molecule has 1 amide bonds. The highest BCUT2D eigenvalue weighted by Gasteiger charge is 2.39. The van der Waals surface area contributed by atoms with Gasteiger partial charge in [0, 0.05) is 26.8 Å². The molecule has 1 aliphatic heterocycles. The van der Waals surface area contributed by atoms with Gasteiger partial charge >= 0.3 is 0 Å². The summed E-state index contributed by atoms with van der Waals surface area (Å²) in [6.07, 6.45) is 3.83. The Morgan fingerprint density at radius 3 is 2.84 bits per heavy atom. The van der Waals surface area contributed by atoms with Crippen LogP contribution in [-0.2, 0) is 14.3 Å². The molecule has 1 fully saturated rings. The predicted molar refractivity (Wildman–Crippen MR) is 75.1 cm³/mol. The lowest BCUT2D eigenvalue weighted by atomic mass is 9.81. The first kappa shape index (κ1) is 16.4. The Morgan fingerprint density at radius 2 is 2.21 bits per heavy atom. The van der Waals surface area contributed by atoms with Crippen LogP contribution in [0.1, 0.15) is 32.6 Å². The van der Waals surface area contributed by atoms with Crippen molar-refractivity contribution in [2.75, 3.05) is 46.6 Å². The fourth-order valence-electron chi connectivity index (χ4n) is 2.55. The van der Waals surface area contributed by atoms with Crippen LogP contribution in [0, 0.1) is 5.41 Å². The fourth-order valence-corrected chi connectivity index (χ4v) is 2.55. The van der Waals surface area contributed by atoms with Gasteiger partial charge < -0.3 is 20.1 Å². The zero-order valence-corrected chi connectivity index (χ0v) is 12.3. The number of nitrogens with one attached hydrogen (secondary N) is 2. The van der Waals surface area contributed by atoms with Crippen molar-refractivity contribution >= 4 is 5.91 Å². The minimum absolute atomic E-state index is 0.175. The van der Waals surface area contributed by atoms with Gasteiger partial charge in [0.05, 0.1) is 18.6 Å². The standard InChI is InChI=1S/C14H28N2O3/c1-3-5-14(6-8-15-12-14)13(17)16-7-4-9-19-11-10-18-2/h15H,3-12H2,1-2H3,(H,16,17). The van der Waals surface area contributed by atoms with Gasteiger partial charge in [-0.15, -0.1) is 0 Å². The average molecular weight is 272 g/mol. The van der Waals surface area contributed by atoms with E-state index in [0.717, 1.165) is 38.8 Å². The first-order valence-corrected chi connectivity index (χ1v) is 7.31. The number of methoxy groups -OCH3 is 1. The summed E-state index contributed by atoms with van der Waals surface area (Å²) in [4.78, 5) is 12.3. The van der Waals surface area contributed by atoms with Crippen molar-refractivity contribution in [3.8, 4) is 0 Å². The third kappa shape index (κ3) is 5.47. The van der Waals surface area contributed by atoms with Gasteiger partial charge in [-0.25, -0.2) is 0 Å². The van der Waals surface area contributed by atoms with E-state index >= 15 is 0 Å². The normalized spacial score (nSPS) is 22.6. The van der Waals surface area contributed by atoms with Gasteiger partial charge in [-0.2, -0.15) is 0 Å². The zero-order chi connectivity index (χ0) is 14.0. The molecule has 5 nitrogen and oxygen atoms in total. The van der Waals surface area contributed by atoms with E-state index in [1.165, 1.54) is 0 Å². The summed E-state index contributed by atoms with van der Waals surface area (Å²) < 4.78 is 10.3. The highest BCUT2D eigenvalue weighted by atomic mass is 16.5. The highest BCUT2D eigenvalue weighted by molar-refractivity contribution is 5.83. The lowest BCUT2D eigenvalue weighted by molar-refractivity contribution is -0.130. The Balaban J connectivity index is 2.15. The van der Waals surface area contributed by atoms with Crippen LogP contribution in [-0.4, -0.2) is 52.5 Å². The molecule has 1 atom stereocenters.